The van der Waals surface area contributed by atoms with Crippen molar-refractivity contribution in [2.75, 3.05) is 0 Å². The van der Waals surface area contributed by atoms with Crippen molar-refractivity contribution in [2.45, 2.75) is 31.6 Å². The third-order valence-electron chi connectivity index (χ3n) is 11.6. The molecule has 2 nitrogen and oxygen atoms in total. The van der Waals surface area contributed by atoms with Crippen molar-refractivity contribution in [1.82, 2.24) is 0 Å². The summed E-state index contributed by atoms with van der Waals surface area (Å²) in [4.78, 5) is 11.2. The van der Waals surface area contributed by atoms with Crippen LogP contribution in [0.15, 0.2) is 185 Å². The second-order valence-electron chi connectivity index (χ2n) is 14.4. The third-order valence-corrected chi connectivity index (χ3v) is 11.6. The summed E-state index contributed by atoms with van der Waals surface area (Å²) in [6, 6.07) is 53.4. The summed E-state index contributed by atoms with van der Waals surface area (Å²) in [6.07, 6.45) is 11.7. The van der Waals surface area contributed by atoms with Crippen LogP contribution in [0.3, 0.4) is 0 Å². The Labute approximate surface area is 306 Å². The van der Waals surface area contributed by atoms with Crippen LogP contribution in [0, 0.1) is 5.92 Å². The van der Waals surface area contributed by atoms with Gasteiger partial charge in [0.15, 0.2) is 5.84 Å². The van der Waals surface area contributed by atoms with Crippen LogP contribution in [-0.2, 0) is 5.41 Å². The zero-order chi connectivity index (χ0) is 34.6. The summed E-state index contributed by atoms with van der Waals surface area (Å²) in [5.74, 6) is 1.06. The summed E-state index contributed by atoms with van der Waals surface area (Å²) in [7, 11) is 0. The maximum absolute atomic E-state index is 5.63. The summed E-state index contributed by atoms with van der Waals surface area (Å²) < 4.78 is 0. The standard InChI is InChI=1S/C50H38N2/c1-33-27-32-46(36-17-6-3-7-18-36)51-49(52-48(33)37-30-28-35(29-31-37)34-15-4-2-5-16-34)41-22-14-26-45-47(41)40-21-10-13-25-44(40)50(45)42-23-11-8-19-38(42)39-20-9-12-24-43(39)50/h2-17,19-26,28-31,36H,18,27,32H2,1H3/b48-33-,51-46+,52-49-. The Bertz CT molecular complexity index is 2500. The molecule has 1 heterocycles. The van der Waals surface area contributed by atoms with E-state index in [2.05, 4.69) is 177 Å². The highest BCUT2D eigenvalue weighted by molar-refractivity contribution is 6.15. The van der Waals surface area contributed by atoms with Crippen LogP contribution in [0.25, 0.3) is 39.1 Å². The number of benzene rings is 6. The molecule has 0 N–H and O–H groups in total. The van der Waals surface area contributed by atoms with E-state index in [0.717, 1.165) is 41.9 Å². The lowest BCUT2D eigenvalue weighted by Crippen LogP contribution is -2.26. The van der Waals surface area contributed by atoms with Gasteiger partial charge in [-0.05, 0) is 87.4 Å². The highest BCUT2D eigenvalue weighted by atomic mass is 14.9. The van der Waals surface area contributed by atoms with Gasteiger partial charge in [-0.3, -0.25) is 0 Å². The van der Waals surface area contributed by atoms with Crippen molar-refractivity contribution in [3.8, 4) is 33.4 Å². The Morgan fingerprint density at radius 2 is 1.08 bits per heavy atom. The minimum Gasteiger partial charge on any atom is -0.237 e. The first-order chi connectivity index (χ1) is 25.7. The summed E-state index contributed by atoms with van der Waals surface area (Å²) >= 11 is 0. The van der Waals surface area contributed by atoms with Gasteiger partial charge in [-0.2, -0.15) is 0 Å². The van der Waals surface area contributed by atoms with Crippen molar-refractivity contribution in [3.05, 3.63) is 209 Å². The predicted molar refractivity (Wildman–Crippen MR) is 217 cm³/mol. The van der Waals surface area contributed by atoms with Crippen molar-refractivity contribution in [1.29, 1.82) is 0 Å². The normalized spacial score (nSPS) is 21.2. The number of hydrogen-bond acceptors (Lipinski definition) is 2. The van der Waals surface area contributed by atoms with Gasteiger partial charge >= 0.3 is 0 Å². The van der Waals surface area contributed by atoms with E-state index in [1.807, 2.05) is 0 Å². The molecule has 1 atom stereocenters. The van der Waals surface area contributed by atoms with E-state index in [0.29, 0.717) is 0 Å². The Morgan fingerprint density at radius 3 is 1.77 bits per heavy atom. The first kappa shape index (κ1) is 30.7. The van der Waals surface area contributed by atoms with Crippen LogP contribution < -0.4 is 0 Å². The van der Waals surface area contributed by atoms with Crippen molar-refractivity contribution in [2.24, 2.45) is 15.9 Å². The van der Waals surface area contributed by atoms with Gasteiger partial charge in [-0.25, -0.2) is 9.98 Å². The lowest BCUT2D eigenvalue weighted by Gasteiger charge is -2.30. The molecule has 0 amide bonds. The topological polar surface area (TPSA) is 24.7 Å². The molecule has 248 valence electrons. The molecule has 4 aliphatic rings. The second kappa shape index (κ2) is 12.3. The van der Waals surface area contributed by atoms with Gasteiger partial charge < -0.3 is 0 Å². The fraction of sp³-hybridized carbons (Fsp3) is 0.120. The van der Waals surface area contributed by atoms with Crippen LogP contribution >= 0.6 is 0 Å². The maximum atomic E-state index is 5.63. The van der Waals surface area contributed by atoms with Gasteiger partial charge in [0.2, 0.25) is 0 Å². The van der Waals surface area contributed by atoms with Crippen LogP contribution in [0.5, 0.6) is 0 Å². The monoisotopic (exact) mass is 666 g/mol. The van der Waals surface area contributed by atoms with Gasteiger partial charge in [0.1, 0.15) is 0 Å². The molecule has 1 aliphatic heterocycles. The molecule has 2 heteroatoms. The Morgan fingerprint density at radius 1 is 0.500 bits per heavy atom. The van der Waals surface area contributed by atoms with Crippen LogP contribution in [-0.4, -0.2) is 11.5 Å². The average Bonchev–Trinajstić information content (AvgIpc) is 3.68. The van der Waals surface area contributed by atoms with E-state index in [1.54, 1.807) is 0 Å². The van der Waals surface area contributed by atoms with E-state index in [9.17, 15) is 0 Å². The molecule has 6 aromatic rings. The smallest absolute Gasteiger partial charge is 0.160 e. The minimum absolute atomic E-state index is 0.263. The lowest BCUT2D eigenvalue weighted by atomic mass is 9.70. The van der Waals surface area contributed by atoms with E-state index >= 15 is 0 Å². The van der Waals surface area contributed by atoms with Gasteiger partial charge in [0, 0.05) is 22.8 Å². The van der Waals surface area contributed by atoms with Crippen LogP contribution in [0.4, 0.5) is 0 Å². The Kier molecular flexibility index (Phi) is 7.25. The third kappa shape index (κ3) is 4.64. The highest BCUT2D eigenvalue weighted by Gasteiger charge is 2.52. The van der Waals surface area contributed by atoms with E-state index in [4.69, 9.17) is 9.98 Å². The summed E-state index contributed by atoms with van der Waals surface area (Å²) in [5, 5.41) is 0. The molecule has 0 saturated heterocycles. The molecule has 0 bridgehead atoms. The molecule has 0 saturated carbocycles. The number of aliphatic imine (C=N–C) groups is 2. The quantitative estimate of drug-likeness (QED) is 0.179. The van der Waals surface area contributed by atoms with E-state index in [-0.39, 0.29) is 5.92 Å². The predicted octanol–water partition coefficient (Wildman–Crippen LogP) is 12.2. The van der Waals surface area contributed by atoms with Gasteiger partial charge in [-0.1, -0.05) is 170 Å². The molecule has 52 heavy (non-hydrogen) atoms. The number of nitrogens with zero attached hydrogens (tertiary/aromatic N) is 2. The number of fused-ring (bicyclic) bond motifs is 10. The Balaban J connectivity index is 1.21. The lowest BCUT2D eigenvalue weighted by molar-refractivity contribution is 0.793. The number of amidine groups is 1. The number of rotatable bonds is 4. The van der Waals surface area contributed by atoms with E-state index < -0.39 is 5.41 Å². The highest BCUT2D eigenvalue weighted by Crippen LogP contribution is 2.63. The van der Waals surface area contributed by atoms with E-state index in [1.165, 1.54) is 66.9 Å². The molecule has 6 aromatic carbocycles. The molecular weight excluding hydrogens is 629 g/mol. The molecule has 0 aromatic heterocycles. The van der Waals surface area contributed by atoms with Crippen molar-refractivity contribution in [3.63, 3.8) is 0 Å². The average molecular weight is 667 g/mol. The zero-order valence-electron chi connectivity index (χ0n) is 29.3. The van der Waals surface area contributed by atoms with Gasteiger partial charge in [0.05, 0.1) is 11.1 Å². The van der Waals surface area contributed by atoms with Crippen LogP contribution in [0.2, 0.25) is 0 Å². The van der Waals surface area contributed by atoms with Crippen molar-refractivity contribution < 1.29 is 0 Å². The zero-order valence-corrected chi connectivity index (χ0v) is 29.3. The fourth-order valence-electron chi connectivity index (χ4n) is 9.16. The maximum Gasteiger partial charge on any atom is 0.160 e. The summed E-state index contributed by atoms with van der Waals surface area (Å²) in [6.45, 7) is 2.26. The molecule has 1 unspecified atom stereocenters. The SMILES string of the molecule is C/C1=C(c2ccc(-c3ccccc3)cc2)/N=C(c2cccc3c2-c2ccccc2C32c3ccccc3-c3ccccc32)\N=C(\C2C=CC=CC2)CC1. The molecule has 1 spiro atoms. The van der Waals surface area contributed by atoms with Crippen molar-refractivity contribution >= 4 is 17.2 Å². The van der Waals surface area contributed by atoms with Crippen LogP contribution in [0.1, 0.15) is 59.6 Å². The molecular formula is C50H38N2. The molecule has 10 rings (SSSR count). The first-order valence-electron chi connectivity index (χ1n) is 18.5. The Hall–Kier alpha value is -6.12. The number of allylic oxidation sites excluding steroid dienone is 5. The summed E-state index contributed by atoms with van der Waals surface area (Å²) in [5.41, 5.74) is 18.2. The van der Waals surface area contributed by atoms with Gasteiger partial charge in [-0.15, -0.1) is 0 Å². The second-order valence-corrected chi connectivity index (χ2v) is 14.4. The largest absolute Gasteiger partial charge is 0.237 e. The fourth-order valence-corrected chi connectivity index (χ4v) is 9.16. The first-order valence-corrected chi connectivity index (χ1v) is 18.5. The molecule has 0 fully saturated rings. The molecule has 0 radical (unpaired) electrons. The minimum atomic E-state index is -0.414. The number of hydrogen-bond donors (Lipinski definition) is 0. The molecule has 3 aliphatic carbocycles. The van der Waals surface area contributed by atoms with Gasteiger partial charge in [0.25, 0.3) is 0 Å².